The number of nitrogens with two attached hydrogens (primary N) is 1. The molecule has 1 aromatic carbocycles. The number of nitrogens with zero attached hydrogens (tertiary/aromatic N) is 1. The number of hydrogen-bond acceptors (Lipinski definition) is 2. The third kappa shape index (κ3) is 3.37. The van der Waals surface area contributed by atoms with Crippen molar-refractivity contribution in [2.24, 2.45) is 11.7 Å². The van der Waals surface area contributed by atoms with Gasteiger partial charge in [-0.25, -0.2) is 0 Å². The van der Waals surface area contributed by atoms with Crippen LogP contribution >= 0.6 is 23.2 Å². The number of carbonyl (C=O) groups is 1. The van der Waals surface area contributed by atoms with Crippen LogP contribution in [0.5, 0.6) is 0 Å². The van der Waals surface area contributed by atoms with E-state index in [0.29, 0.717) is 35.5 Å². The average Bonchev–Trinajstić information content (AvgIpc) is 2.66. The monoisotopic (exact) mass is 286 g/mol. The van der Waals surface area contributed by atoms with Crippen LogP contribution in [0, 0.1) is 5.92 Å². The van der Waals surface area contributed by atoms with Crippen LogP contribution in [-0.4, -0.2) is 30.4 Å². The molecule has 0 radical (unpaired) electrons. The number of rotatable bonds is 4. The van der Waals surface area contributed by atoms with Crippen LogP contribution in [0.25, 0.3) is 0 Å². The van der Waals surface area contributed by atoms with Crippen molar-refractivity contribution in [3.63, 3.8) is 0 Å². The Bertz CT molecular complexity index is 430. The second kappa shape index (κ2) is 5.91. The van der Waals surface area contributed by atoms with Gasteiger partial charge in [-0.2, -0.15) is 0 Å². The molecule has 0 aromatic heterocycles. The Kier molecular flexibility index (Phi) is 4.49. The van der Waals surface area contributed by atoms with E-state index in [2.05, 4.69) is 0 Å². The molecule has 5 heteroatoms. The van der Waals surface area contributed by atoms with Crippen molar-refractivity contribution in [2.75, 3.05) is 19.6 Å². The normalized spacial score (nSPS) is 19.6. The van der Waals surface area contributed by atoms with Gasteiger partial charge in [-0.3, -0.25) is 4.79 Å². The van der Waals surface area contributed by atoms with Crippen molar-refractivity contribution in [3.05, 3.63) is 33.8 Å². The van der Waals surface area contributed by atoms with E-state index in [1.807, 2.05) is 17.0 Å². The standard InChI is InChI=1S/C13H16Cl2N2O/c14-11-3-9(4-12(15)6-11)1-2-17-8-10(7-16)5-13(17)18/h3-4,6,10H,1-2,5,7-8,16H2. The van der Waals surface area contributed by atoms with Crippen LogP contribution in [0.3, 0.4) is 0 Å². The summed E-state index contributed by atoms with van der Waals surface area (Å²) >= 11 is 11.9. The van der Waals surface area contributed by atoms with Gasteiger partial charge in [-0.05, 0) is 42.6 Å². The van der Waals surface area contributed by atoms with Crippen LogP contribution in [0.4, 0.5) is 0 Å². The third-order valence-corrected chi connectivity index (χ3v) is 3.66. The summed E-state index contributed by atoms with van der Waals surface area (Å²) in [6, 6.07) is 5.47. The minimum Gasteiger partial charge on any atom is -0.342 e. The fraction of sp³-hybridized carbons (Fsp3) is 0.462. The van der Waals surface area contributed by atoms with E-state index in [-0.39, 0.29) is 5.91 Å². The predicted molar refractivity (Wildman–Crippen MR) is 73.9 cm³/mol. The Morgan fingerprint density at radius 1 is 1.28 bits per heavy atom. The van der Waals surface area contributed by atoms with E-state index < -0.39 is 0 Å². The minimum absolute atomic E-state index is 0.193. The lowest BCUT2D eigenvalue weighted by atomic mass is 10.1. The van der Waals surface area contributed by atoms with Crippen molar-refractivity contribution < 1.29 is 4.79 Å². The summed E-state index contributed by atoms with van der Waals surface area (Å²) in [5.41, 5.74) is 6.64. The summed E-state index contributed by atoms with van der Waals surface area (Å²) in [7, 11) is 0. The van der Waals surface area contributed by atoms with Crippen molar-refractivity contribution in [1.29, 1.82) is 0 Å². The molecule has 1 amide bonds. The molecule has 3 nitrogen and oxygen atoms in total. The van der Waals surface area contributed by atoms with E-state index in [9.17, 15) is 4.79 Å². The second-order valence-electron chi connectivity index (χ2n) is 4.67. The molecule has 2 N–H and O–H groups in total. The van der Waals surface area contributed by atoms with Gasteiger partial charge < -0.3 is 10.6 Å². The summed E-state index contributed by atoms with van der Waals surface area (Å²) in [6.07, 6.45) is 1.34. The smallest absolute Gasteiger partial charge is 0.222 e. The predicted octanol–water partition coefficient (Wildman–Crippen LogP) is 2.34. The summed E-state index contributed by atoms with van der Waals surface area (Å²) in [5.74, 6) is 0.499. The lowest BCUT2D eigenvalue weighted by Crippen LogP contribution is -2.28. The van der Waals surface area contributed by atoms with Crippen LogP contribution in [0.15, 0.2) is 18.2 Å². The molecule has 98 valence electrons. The first-order valence-electron chi connectivity index (χ1n) is 6.01. The third-order valence-electron chi connectivity index (χ3n) is 3.22. The van der Waals surface area contributed by atoms with Crippen LogP contribution < -0.4 is 5.73 Å². The number of halogens is 2. The molecule has 1 fully saturated rings. The molecular formula is C13H16Cl2N2O. The number of benzene rings is 1. The summed E-state index contributed by atoms with van der Waals surface area (Å²) < 4.78 is 0. The molecule has 1 heterocycles. The highest BCUT2D eigenvalue weighted by Crippen LogP contribution is 2.21. The van der Waals surface area contributed by atoms with Crippen LogP contribution in [0.2, 0.25) is 10.0 Å². The quantitative estimate of drug-likeness (QED) is 0.924. The molecule has 0 spiro atoms. The van der Waals surface area contributed by atoms with E-state index >= 15 is 0 Å². The molecule has 0 aliphatic carbocycles. The Morgan fingerprint density at radius 3 is 2.50 bits per heavy atom. The van der Waals surface area contributed by atoms with Gasteiger partial charge in [-0.1, -0.05) is 23.2 Å². The zero-order valence-corrected chi connectivity index (χ0v) is 11.5. The van der Waals surface area contributed by atoms with Gasteiger partial charge in [0.1, 0.15) is 0 Å². The van der Waals surface area contributed by atoms with Crippen molar-refractivity contribution in [1.82, 2.24) is 4.90 Å². The van der Waals surface area contributed by atoms with Gasteiger partial charge in [-0.15, -0.1) is 0 Å². The summed E-state index contributed by atoms with van der Waals surface area (Å²) in [5, 5.41) is 1.26. The Balaban J connectivity index is 1.93. The summed E-state index contributed by atoms with van der Waals surface area (Å²) in [4.78, 5) is 13.6. The zero-order chi connectivity index (χ0) is 13.1. The molecule has 2 rings (SSSR count). The molecule has 0 bridgehead atoms. The van der Waals surface area contributed by atoms with Crippen LogP contribution in [0.1, 0.15) is 12.0 Å². The molecule has 18 heavy (non-hydrogen) atoms. The van der Waals surface area contributed by atoms with Gasteiger partial charge in [0.05, 0.1) is 0 Å². The fourth-order valence-electron chi connectivity index (χ4n) is 2.25. The molecular weight excluding hydrogens is 271 g/mol. The largest absolute Gasteiger partial charge is 0.342 e. The number of carbonyl (C=O) groups excluding carboxylic acids is 1. The van der Waals surface area contributed by atoms with E-state index in [4.69, 9.17) is 28.9 Å². The maximum absolute atomic E-state index is 11.7. The Morgan fingerprint density at radius 2 is 1.94 bits per heavy atom. The highest BCUT2D eigenvalue weighted by Gasteiger charge is 2.27. The maximum Gasteiger partial charge on any atom is 0.222 e. The van der Waals surface area contributed by atoms with Gasteiger partial charge in [0.2, 0.25) is 5.91 Å². The second-order valence-corrected chi connectivity index (χ2v) is 5.55. The highest BCUT2D eigenvalue weighted by atomic mass is 35.5. The van der Waals surface area contributed by atoms with E-state index in [0.717, 1.165) is 18.5 Å². The highest BCUT2D eigenvalue weighted by molar-refractivity contribution is 6.34. The summed E-state index contributed by atoms with van der Waals surface area (Å²) in [6.45, 7) is 2.04. The Labute approximate surface area is 117 Å². The first-order valence-corrected chi connectivity index (χ1v) is 6.77. The van der Waals surface area contributed by atoms with Crippen molar-refractivity contribution >= 4 is 29.1 Å². The first-order chi connectivity index (χ1) is 8.58. The molecule has 1 unspecified atom stereocenters. The molecule has 1 aromatic rings. The molecule has 1 saturated heterocycles. The van der Waals surface area contributed by atoms with E-state index in [1.165, 1.54) is 0 Å². The van der Waals surface area contributed by atoms with Gasteiger partial charge in [0.25, 0.3) is 0 Å². The average molecular weight is 287 g/mol. The topological polar surface area (TPSA) is 46.3 Å². The first kappa shape index (κ1) is 13.7. The minimum atomic E-state index is 0.193. The molecule has 1 atom stereocenters. The number of hydrogen-bond donors (Lipinski definition) is 1. The molecule has 0 saturated carbocycles. The fourth-order valence-corrected chi connectivity index (χ4v) is 2.82. The van der Waals surface area contributed by atoms with Gasteiger partial charge in [0.15, 0.2) is 0 Å². The number of amides is 1. The number of likely N-dealkylation sites (tertiary alicyclic amines) is 1. The van der Waals surface area contributed by atoms with Crippen molar-refractivity contribution in [2.45, 2.75) is 12.8 Å². The van der Waals surface area contributed by atoms with Crippen LogP contribution in [-0.2, 0) is 11.2 Å². The SMILES string of the molecule is NCC1CC(=O)N(CCc2cc(Cl)cc(Cl)c2)C1. The lowest BCUT2D eigenvalue weighted by Gasteiger charge is -2.16. The Hall–Kier alpha value is -0.770. The van der Waals surface area contributed by atoms with Crippen molar-refractivity contribution in [3.8, 4) is 0 Å². The molecule has 1 aliphatic rings. The lowest BCUT2D eigenvalue weighted by molar-refractivity contribution is -0.127. The zero-order valence-electron chi connectivity index (χ0n) is 10.0. The maximum atomic E-state index is 11.7. The van der Waals surface area contributed by atoms with E-state index in [1.54, 1.807) is 6.07 Å². The van der Waals surface area contributed by atoms with Gasteiger partial charge in [0, 0.05) is 29.6 Å². The molecule has 1 aliphatic heterocycles. The van der Waals surface area contributed by atoms with Gasteiger partial charge >= 0.3 is 0 Å².